The highest BCUT2D eigenvalue weighted by Gasteiger charge is 2.21. The van der Waals surface area contributed by atoms with E-state index in [1.54, 1.807) is 24.6 Å². The average Bonchev–Trinajstić information content (AvgIpc) is 3.38. The van der Waals surface area contributed by atoms with Crippen LogP contribution in [0.4, 0.5) is 0 Å². The largest absolute Gasteiger partial charge is 0.459 e. The van der Waals surface area contributed by atoms with Gasteiger partial charge in [-0.25, -0.2) is 0 Å². The van der Waals surface area contributed by atoms with E-state index in [9.17, 15) is 0 Å². The fourth-order valence-corrected chi connectivity index (χ4v) is 3.03. The summed E-state index contributed by atoms with van der Waals surface area (Å²) in [7, 11) is 0. The minimum Gasteiger partial charge on any atom is -0.459 e. The lowest BCUT2D eigenvalue weighted by atomic mass is 10.2. The molecule has 3 aromatic rings. The highest BCUT2D eigenvalue weighted by Crippen LogP contribution is 2.19. The summed E-state index contributed by atoms with van der Waals surface area (Å²) in [6.07, 6.45) is 7.72. The monoisotopic (exact) mass is 340 g/mol. The van der Waals surface area contributed by atoms with Crippen molar-refractivity contribution in [2.75, 3.05) is 13.2 Å². The van der Waals surface area contributed by atoms with E-state index in [1.807, 2.05) is 12.3 Å². The third-order valence-corrected chi connectivity index (χ3v) is 4.18. The van der Waals surface area contributed by atoms with Crippen LogP contribution in [0.2, 0.25) is 0 Å². The number of hydrogen-bond donors (Lipinski definition) is 0. The van der Waals surface area contributed by atoms with Gasteiger partial charge in [0, 0.05) is 32.1 Å². The van der Waals surface area contributed by atoms with Gasteiger partial charge in [0.25, 0.3) is 5.89 Å². The summed E-state index contributed by atoms with van der Waals surface area (Å²) in [6.45, 7) is 3.02. The zero-order chi connectivity index (χ0) is 16.9. The minimum absolute atomic E-state index is 0.258. The molecule has 1 aliphatic heterocycles. The first-order valence-corrected chi connectivity index (χ1v) is 8.46. The van der Waals surface area contributed by atoms with Gasteiger partial charge in [-0.05, 0) is 36.6 Å². The normalized spacial score (nSPS) is 17.4. The molecule has 0 saturated carbocycles. The van der Waals surface area contributed by atoms with Crippen LogP contribution >= 0.6 is 0 Å². The molecule has 1 aliphatic rings. The molecule has 7 nitrogen and oxygen atoms in total. The molecule has 4 heterocycles. The number of furan rings is 1. The van der Waals surface area contributed by atoms with Crippen LogP contribution in [0.5, 0.6) is 0 Å². The van der Waals surface area contributed by atoms with Crippen molar-refractivity contribution in [3.8, 4) is 11.7 Å². The first kappa shape index (κ1) is 16.0. The predicted octanol–water partition coefficient (Wildman–Crippen LogP) is 2.91. The molecule has 0 bridgehead atoms. The molecule has 3 aromatic heterocycles. The highest BCUT2D eigenvalue weighted by molar-refractivity contribution is 5.42. The number of hydrogen-bond acceptors (Lipinski definition) is 7. The third kappa shape index (κ3) is 4.12. The molecule has 1 saturated heterocycles. The van der Waals surface area contributed by atoms with Crippen LogP contribution in [-0.2, 0) is 17.8 Å². The van der Waals surface area contributed by atoms with Gasteiger partial charge in [0.05, 0.1) is 18.9 Å². The first-order chi connectivity index (χ1) is 12.4. The fraction of sp³-hybridized carbons (Fsp3) is 0.389. The van der Waals surface area contributed by atoms with E-state index >= 15 is 0 Å². The van der Waals surface area contributed by atoms with E-state index in [2.05, 4.69) is 26.1 Å². The van der Waals surface area contributed by atoms with Gasteiger partial charge < -0.3 is 13.7 Å². The van der Waals surface area contributed by atoms with Crippen LogP contribution < -0.4 is 0 Å². The van der Waals surface area contributed by atoms with Gasteiger partial charge in [-0.3, -0.25) is 9.88 Å². The molecule has 1 atom stereocenters. The van der Waals surface area contributed by atoms with Crippen molar-refractivity contribution in [2.24, 2.45) is 0 Å². The van der Waals surface area contributed by atoms with E-state index in [0.29, 0.717) is 24.0 Å². The Kier molecular flexibility index (Phi) is 4.85. The lowest BCUT2D eigenvalue weighted by Crippen LogP contribution is -2.31. The second kappa shape index (κ2) is 7.58. The van der Waals surface area contributed by atoms with Crippen molar-refractivity contribution in [3.05, 3.63) is 54.3 Å². The van der Waals surface area contributed by atoms with Crippen LogP contribution in [-0.4, -0.2) is 39.3 Å². The number of ether oxygens (including phenoxy) is 1. The number of rotatable bonds is 7. The summed E-state index contributed by atoms with van der Waals surface area (Å²) in [6, 6.07) is 7.62. The van der Waals surface area contributed by atoms with Gasteiger partial charge in [-0.15, -0.1) is 0 Å². The van der Waals surface area contributed by atoms with Crippen molar-refractivity contribution >= 4 is 0 Å². The summed E-state index contributed by atoms with van der Waals surface area (Å²) in [5.74, 6) is 1.61. The molecule has 0 radical (unpaired) electrons. The van der Waals surface area contributed by atoms with Crippen LogP contribution in [0.1, 0.15) is 24.2 Å². The molecular weight excluding hydrogens is 320 g/mol. The summed E-state index contributed by atoms with van der Waals surface area (Å²) in [5.41, 5.74) is 1.15. The Morgan fingerprint density at radius 2 is 2.20 bits per heavy atom. The lowest BCUT2D eigenvalue weighted by molar-refractivity contribution is 0.0667. The third-order valence-electron chi connectivity index (χ3n) is 4.18. The molecule has 0 spiro atoms. The maximum absolute atomic E-state index is 5.79. The van der Waals surface area contributed by atoms with E-state index < -0.39 is 0 Å². The Morgan fingerprint density at radius 1 is 1.20 bits per heavy atom. The molecule has 1 fully saturated rings. The van der Waals surface area contributed by atoms with Crippen molar-refractivity contribution in [1.82, 2.24) is 20.0 Å². The van der Waals surface area contributed by atoms with E-state index in [-0.39, 0.29) is 6.10 Å². The quantitative estimate of drug-likeness (QED) is 0.654. The summed E-state index contributed by atoms with van der Waals surface area (Å²) in [4.78, 5) is 10.9. The minimum atomic E-state index is 0.258. The zero-order valence-corrected chi connectivity index (χ0v) is 13.9. The molecule has 0 amide bonds. The van der Waals surface area contributed by atoms with Gasteiger partial charge in [0.1, 0.15) is 0 Å². The van der Waals surface area contributed by atoms with Crippen LogP contribution in [0, 0.1) is 0 Å². The van der Waals surface area contributed by atoms with E-state index in [1.165, 1.54) is 0 Å². The van der Waals surface area contributed by atoms with E-state index in [0.717, 1.165) is 38.1 Å². The van der Waals surface area contributed by atoms with Crippen molar-refractivity contribution < 1.29 is 13.7 Å². The standard InChI is InChI=1S/C18H20N4O3/c1-4-14(10-19-7-1)11-22(12-15-5-2-8-23-15)13-17-20-18(25-21-17)16-6-3-9-24-16/h1,3-4,6-7,9-10,15H,2,5,8,11-13H2/t15-/m0/s1. The number of nitrogens with zero attached hydrogens (tertiary/aromatic N) is 4. The average molecular weight is 340 g/mol. The molecule has 7 heteroatoms. The smallest absolute Gasteiger partial charge is 0.293 e. The Hall–Kier alpha value is -2.51. The van der Waals surface area contributed by atoms with Crippen LogP contribution in [0.3, 0.4) is 0 Å². The first-order valence-electron chi connectivity index (χ1n) is 8.46. The topological polar surface area (TPSA) is 77.4 Å². The summed E-state index contributed by atoms with van der Waals surface area (Å²) < 4.78 is 16.4. The maximum Gasteiger partial charge on any atom is 0.293 e. The van der Waals surface area contributed by atoms with Gasteiger partial charge in [0.15, 0.2) is 11.6 Å². The Labute approximate surface area is 145 Å². The second-order valence-corrected chi connectivity index (χ2v) is 6.16. The molecule has 0 N–H and O–H groups in total. The molecule has 0 aliphatic carbocycles. The molecule has 130 valence electrons. The van der Waals surface area contributed by atoms with Gasteiger partial charge in [0.2, 0.25) is 0 Å². The lowest BCUT2D eigenvalue weighted by Gasteiger charge is -2.23. The Bertz CT molecular complexity index is 767. The number of pyridine rings is 1. The molecule has 0 aromatic carbocycles. The van der Waals surface area contributed by atoms with E-state index in [4.69, 9.17) is 13.7 Å². The SMILES string of the molecule is c1cncc(CN(Cc2noc(-c3ccco3)n2)C[C@@H]2CCCO2)c1. The summed E-state index contributed by atoms with van der Waals surface area (Å²) >= 11 is 0. The van der Waals surface area contributed by atoms with Gasteiger partial charge in [-0.1, -0.05) is 11.2 Å². The molecule has 0 unspecified atom stereocenters. The Balaban J connectivity index is 1.47. The zero-order valence-electron chi connectivity index (χ0n) is 13.9. The van der Waals surface area contributed by atoms with Crippen LogP contribution in [0.15, 0.2) is 51.9 Å². The van der Waals surface area contributed by atoms with Gasteiger partial charge in [-0.2, -0.15) is 4.98 Å². The molecular formula is C18H20N4O3. The molecule has 4 rings (SSSR count). The second-order valence-electron chi connectivity index (χ2n) is 6.16. The Morgan fingerprint density at radius 3 is 2.96 bits per heavy atom. The fourth-order valence-electron chi connectivity index (χ4n) is 3.03. The predicted molar refractivity (Wildman–Crippen MR) is 89.3 cm³/mol. The van der Waals surface area contributed by atoms with Crippen molar-refractivity contribution in [1.29, 1.82) is 0 Å². The molecule has 25 heavy (non-hydrogen) atoms. The number of aromatic nitrogens is 3. The van der Waals surface area contributed by atoms with Crippen molar-refractivity contribution in [2.45, 2.75) is 32.0 Å². The van der Waals surface area contributed by atoms with Crippen LogP contribution in [0.25, 0.3) is 11.7 Å². The highest BCUT2D eigenvalue weighted by atomic mass is 16.5. The van der Waals surface area contributed by atoms with Crippen molar-refractivity contribution in [3.63, 3.8) is 0 Å². The maximum atomic E-state index is 5.79. The summed E-state index contributed by atoms with van der Waals surface area (Å²) in [5, 5.41) is 4.08. The van der Waals surface area contributed by atoms with Gasteiger partial charge >= 0.3 is 0 Å².